The number of benzene rings is 1. The number of carbonyl (C=O) groups excluding carboxylic acids is 3. The number of nitrogens with one attached hydrogen (secondary N) is 2. The molecule has 132 valence electrons. The van der Waals surface area contributed by atoms with Crippen molar-refractivity contribution in [3.63, 3.8) is 0 Å². The number of hydrogen-bond donors (Lipinski definition) is 2. The average molecular weight is 369 g/mol. The number of thioether (sulfide) groups is 1. The molecule has 2 heterocycles. The second-order valence-corrected chi connectivity index (χ2v) is 6.32. The highest BCUT2D eigenvalue weighted by atomic mass is 32.2. The first-order chi connectivity index (χ1) is 12.6. The van der Waals surface area contributed by atoms with Crippen molar-refractivity contribution < 1.29 is 19.1 Å². The number of urea groups is 1. The van der Waals surface area contributed by atoms with Crippen LogP contribution in [0.15, 0.2) is 53.2 Å². The highest BCUT2D eigenvalue weighted by molar-refractivity contribution is 7.98. The summed E-state index contributed by atoms with van der Waals surface area (Å²) < 4.78 is 5.38. The van der Waals surface area contributed by atoms with Crippen LogP contribution in [0.25, 0.3) is 6.08 Å². The van der Waals surface area contributed by atoms with E-state index in [0.29, 0.717) is 17.1 Å². The SMILES string of the molecule is COc1ccc(C=C2C(=O)NC(=O)NC2=O)cc1CSc1ccccn1. The summed E-state index contributed by atoms with van der Waals surface area (Å²) in [7, 11) is 1.58. The number of aromatic nitrogens is 1. The summed E-state index contributed by atoms with van der Waals surface area (Å²) in [4.78, 5) is 39.1. The molecular weight excluding hydrogens is 354 g/mol. The van der Waals surface area contributed by atoms with Gasteiger partial charge in [0.15, 0.2) is 0 Å². The lowest BCUT2D eigenvalue weighted by atomic mass is 10.1. The number of hydrogen-bond acceptors (Lipinski definition) is 6. The van der Waals surface area contributed by atoms with Crippen LogP contribution in [0.3, 0.4) is 0 Å². The lowest BCUT2D eigenvalue weighted by Gasteiger charge is -2.14. The molecule has 1 fully saturated rings. The second-order valence-electron chi connectivity index (χ2n) is 5.32. The fourth-order valence-corrected chi connectivity index (χ4v) is 3.20. The molecule has 0 aliphatic carbocycles. The molecule has 0 unspecified atom stereocenters. The first kappa shape index (κ1) is 17.7. The molecule has 2 aromatic rings. The number of imide groups is 2. The molecule has 7 nitrogen and oxygen atoms in total. The fourth-order valence-electron chi connectivity index (χ4n) is 2.36. The molecule has 8 heteroatoms. The smallest absolute Gasteiger partial charge is 0.328 e. The van der Waals surface area contributed by atoms with Gasteiger partial charge in [-0.1, -0.05) is 12.1 Å². The van der Waals surface area contributed by atoms with E-state index < -0.39 is 17.8 Å². The maximum atomic E-state index is 11.8. The summed E-state index contributed by atoms with van der Waals surface area (Å²) in [5.74, 6) is -0.144. The van der Waals surface area contributed by atoms with Crippen molar-refractivity contribution in [3.05, 3.63) is 59.3 Å². The van der Waals surface area contributed by atoms with Crippen LogP contribution < -0.4 is 15.4 Å². The Morgan fingerprint density at radius 3 is 2.54 bits per heavy atom. The highest BCUT2D eigenvalue weighted by Gasteiger charge is 2.27. The number of amides is 4. The molecule has 1 saturated heterocycles. The van der Waals surface area contributed by atoms with Gasteiger partial charge in [0.25, 0.3) is 11.8 Å². The maximum Gasteiger partial charge on any atom is 0.328 e. The van der Waals surface area contributed by atoms with Crippen LogP contribution in [0.5, 0.6) is 5.75 Å². The van der Waals surface area contributed by atoms with Crippen molar-refractivity contribution >= 4 is 35.7 Å². The third-order valence-electron chi connectivity index (χ3n) is 3.57. The van der Waals surface area contributed by atoms with E-state index in [1.807, 2.05) is 34.9 Å². The molecule has 3 rings (SSSR count). The van der Waals surface area contributed by atoms with E-state index in [1.54, 1.807) is 37.2 Å². The Hall–Kier alpha value is -3.13. The van der Waals surface area contributed by atoms with Gasteiger partial charge in [-0.2, -0.15) is 0 Å². The van der Waals surface area contributed by atoms with Crippen molar-refractivity contribution in [1.82, 2.24) is 15.6 Å². The van der Waals surface area contributed by atoms with Crippen LogP contribution in [0.1, 0.15) is 11.1 Å². The Morgan fingerprint density at radius 1 is 1.12 bits per heavy atom. The summed E-state index contributed by atoms with van der Waals surface area (Å²) >= 11 is 1.54. The van der Waals surface area contributed by atoms with Gasteiger partial charge >= 0.3 is 6.03 Å². The van der Waals surface area contributed by atoms with Crippen LogP contribution in [0.2, 0.25) is 0 Å². The predicted molar refractivity (Wildman–Crippen MR) is 96.5 cm³/mol. The maximum absolute atomic E-state index is 11.8. The summed E-state index contributed by atoms with van der Waals surface area (Å²) in [5, 5.41) is 4.98. The van der Waals surface area contributed by atoms with Gasteiger partial charge in [-0.25, -0.2) is 9.78 Å². The van der Waals surface area contributed by atoms with Crippen molar-refractivity contribution in [2.45, 2.75) is 10.8 Å². The van der Waals surface area contributed by atoms with Gasteiger partial charge in [0, 0.05) is 17.5 Å². The standard InChI is InChI=1S/C18H15N3O4S/c1-25-14-6-5-11(9-13-16(22)20-18(24)21-17(13)23)8-12(14)10-26-15-4-2-3-7-19-15/h2-9H,10H2,1H3,(H2,20,21,22,23,24). The Morgan fingerprint density at radius 2 is 1.88 bits per heavy atom. The fraction of sp³-hybridized carbons (Fsp3) is 0.111. The normalized spacial score (nSPS) is 13.9. The average Bonchev–Trinajstić information content (AvgIpc) is 2.64. The number of rotatable bonds is 5. The topological polar surface area (TPSA) is 97.4 Å². The predicted octanol–water partition coefficient (Wildman–Crippen LogP) is 2.13. The minimum atomic E-state index is -0.820. The number of nitrogens with zero attached hydrogens (tertiary/aromatic N) is 1. The van der Waals surface area contributed by atoms with Crippen LogP contribution >= 0.6 is 11.8 Å². The van der Waals surface area contributed by atoms with Crippen LogP contribution in [-0.4, -0.2) is 29.9 Å². The molecule has 1 aliphatic rings. The molecule has 0 spiro atoms. The van der Waals surface area contributed by atoms with Gasteiger partial charge in [-0.3, -0.25) is 20.2 Å². The zero-order chi connectivity index (χ0) is 18.5. The van der Waals surface area contributed by atoms with E-state index in [0.717, 1.165) is 10.6 Å². The van der Waals surface area contributed by atoms with E-state index in [9.17, 15) is 14.4 Å². The third kappa shape index (κ3) is 4.09. The first-order valence-corrected chi connectivity index (χ1v) is 8.64. The minimum absolute atomic E-state index is 0.127. The quantitative estimate of drug-likeness (QED) is 0.476. The molecule has 1 aliphatic heterocycles. The number of methoxy groups -OCH3 is 1. The number of ether oxygens (including phenoxy) is 1. The molecule has 1 aromatic heterocycles. The zero-order valence-electron chi connectivity index (χ0n) is 13.8. The van der Waals surface area contributed by atoms with Crippen LogP contribution in [-0.2, 0) is 15.3 Å². The molecule has 0 saturated carbocycles. The molecule has 26 heavy (non-hydrogen) atoms. The van der Waals surface area contributed by atoms with Crippen LogP contribution in [0.4, 0.5) is 4.79 Å². The minimum Gasteiger partial charge on any atom is -0.496 e. The van der Waals surface area contributed by atoms with Gasteiger partial charge in [0.05, 0.1) is 12.1 Å². The third-order valence-corrected chi connectivity index (χ3v) is 4.56. The largest absolute Gasteiger partial charge is 0.496 e. The lowest BCUT2D eigenvalue weighted by Crippen LogP contribution is -2.51. The summed E-state index contributed by atoms with van der Waals surface area (Å²) in [5.41, 5.74) is 1.42. The number of barbiturate groups is 1. The van der Waals surface area contributed by atoms with Gasteiger partial charge in [-0.15, -0.1) is 11.8 Å². The van der Waals surface area contributed by atoms with Gasteiger partial charge in [0.2, 0.25) is 0 Å². The van der Waals surface area contributed by atoms with E-state index in [4.69, 9.17) is 4.74 Å². The Kier molecular flexibility index (Phi) is 5.33. The summed E-state index contributed by atoms with van der Waals surface area (Å²) in [6.45, 7) is 0. The molecule has 1 aromatic carbocycles. The monoisotopic (exact) mass is 369 g/mol. The van der Waals surface area contributed by atoms with Crippen molar-refractivity contribution in [1.29, 1.82) is 0 Å². The van der Waals surface area contributed by atoms with Crippen molar-refractivity contribution in [2.24, 2.45) is 0 Å². The molecule has 0 bridgehead atoms. The van der Waals surface area contributed by atoms with E-state index in [-0.39, 0.29) is 5.57 Å². The van der Waals surface area contributed by atoms with Crippen molar-refractivity contribution in [3.8, 4) is 5.75 Å². The van der Waals surface area contributed by atoms with E-state index >= 15 is 0 Å². The molecule has 0 radical (unpaired) electrons. The van der Waals surface area contributed by atoms with Crippen LogP contribution in [0, 0.1) is 0 Å². The number of pyridine rings is 1. The number of carbonyl (C=O) groups is 3. The Balaban J connectivity index is 1.85. The Bertz CT molecular complexity index is 875. The summed E-state index contributed by atoms with van der Waals surface area (Å²) in [6.07, 6.45) is 3.16. The van der Waals surface area contributed by atoms with Gasteiger partial charge in [-0.05, 0) is 35.9 Å². The van der Waals surface area contributed by atoms with Crippen molar-refractivity contribution in [2.75, 3.05) is 7.11 Å². The highest BCUT2D eigenvalue weighted by Crippen LogP contribution is 2.28. The van der Waals surface area contributed by atoms with E-state index in [2.05, 4.69) is 4.98 Å². The van der Waals surface area contributed by atoms with E-state index in [1.165, 1.54) is 6.08 Å². The first-order valence-electron chi connectivity index (χ1n) is 7.66. The molecule has 0 atom stereocenters. The van der Waals surface area contributed by atoms with Gasteiger partial charge in [0.1, 0.15) is 11.3 Å². The lowest BCUT2D eigenvalue weighted by molar-refractivity contribution is -0.123. The molecule has 4 amide bonds. The molecular formula is C18H15N3O4S. The molecule has 2 N–H and O–H groups in total. The second kappa shape index (κ2) is 7.83. The Labute approximate surface area is 153 Å². The summed E-state index contributed by atoms with van der Waals surface area (Å²) in [6, 6.07) is 10.2. The zero-order valence-corrected chi connectivity index (χ0v) is 14.6. The van der Waals surface area contributed by atoms with Gasteiger partial charge < -0.3 is 4.74 Å².